The minimum absolute atomic E-state index is 0.239. The molecule has 0 aromatic heterocycles. The lowest BCUT2D eigenvalue weighted by Gasteiger charge is -2.35. The zero-order valence-corrected chi connectivity index (χ0v) is 13.4. The highest BCUT2D eigenvalue weighted by atomic mass is 79.9. The fourth-order valence-corrected chi connectivity index (χ4v) is 2.74. The second-order valence-corrected chi connectivity index (χ2v) is 6.32. The van der Waals surface area contributed by atoms with Gasteiger partial charge in [-0.3, -0.25) is 4.79 Å². The van der Waals surface area contributed by atoms with E-state index in [-0.39, 0.29) is 5.91 Å². The Labute approximate surface area is 132 Å². The Bertz CT molecular complexity index is 553. The van der Waals surface area contributed by atoms with E-state index in [1.54, 1.807) is 6.08 Å². The number of hydrogen-bond donors (Lipinski definition) is 1. The maximum atomic E-state index is 12.2. The Hall–Kier alpha value is -1.62. The quantitative estimate of drug-likeness (QED) is 0.850. The molecule has 21 heavy (non-hydrogen) atoms. The van der Waals surface area contributed by atoms with Crippen LogP contribution in [-0.4, -0.2) is 34.5 Å². The Kier molecular flexibility index (Phi) is 5.17. The van der Waals surface area contributed by atoms with E-state index in [0.29, 0.717) is 18.9 Å². The summed E-state index contributed by atoms with van der Waals surface area (Å²) in [5, 5.41) is 9.27. The van der Waals surface area contributed by atoms with E-state index < -0.39 is 12.0 Å². The van der Waals surface area contributed by atoms with E-state index in [1.807, 2.05) is 31.2 Å². The topological polar surface area (TPSA) is 57.6 Å². The molecule has 1 amide bonds. The molecule has 4 nitrogen and oxygen atoms in total. The lowest BCUT2D eigenvalue weighted by atomic mass is 9.92. The number of aliphatic carboxylic acids is 1. The Morgan fingerprint density at radius 1 is 1.33 bits per heavy atom. The van der Waals surface area contributed by atoms with Crippen LogP contribution in [-0.2, 0) is 9.59 Å². The number of hydrogen-bond acceptors (Lipinski definition) is 2. The molecule has 2 unspecified atom stereocenters. The van der Waals surface area contributed by atoms with Crippen molar-refractivity contribution in [2.75, 3.05) is 6.54 Å². The van der Waals surface area contributed by atoms with Crippen molar-refractivity contribution in [1.29, 1.82) is 0 Å². The third-order valence-electron chi connectivity index (χ3n) is 3.72. The molecule has 0 spiro atoms. The highest BCUT2D eigenvalue weighted by molar-refractivity contribution is 9.10. The van der Waals surface area contributed by atoms with Gasteiger partial charge in [0.2, 0.25) is 5.91 Å². The van der Waals surface area contributed by atoms with E-state index in [1.165, 1.54) is 11.0 Å². The fraction of sp³-hybridized carbons (Fsp3) is 0.375. The molecule has 1 heterocycles. The van der Waals surface area contributed by atoms with Gasteiger partial charge in [-0.05, 0) is 42.5 Å². The molecule has 5 heteroatoms. The normalized spacial score (nSPS) is 22.5. The van der Waals surface area contributed by atoms with Crippen molar-refractivity contribution in [2.24, 2.45) is 5.92 Å². The molecule has 0 bridgehead atoms. The molecule has 1 N–H and O–H groups in total. The number of halogens is 1. The third-order valence-corrected chi connectivity index (χ3v) is 4.25. The van der Waals surface area contributed by atoms with Crippen LogP contribution in [0.15, 0.2) is 34.8 Å². The van der Waals surface area contributed by atoms with Gasteiger partial charge in [0.1, 0.15) is 6.04 Å². The predicted molar refractivity (Wildman–Crippen MR) is 84.7 cm³/mol. The molecule has 1 aliphatic heterocycles. The standard InChI is InChI=1S/C16H18BrNO3/c1-11-8-9-18(14(10-11)16(20)21)15(19)7-4-12-2-5-13(17)6-3-12/h2-7,11,14H,8-10H2,1H3,(H,20,21)/b7-4+. The van der Waals surface area contributed by atoms with E-state index in [0.717, 1.165) is 16.5 Å². The number of carboxylic acid groups (broad SMARTS) is 1. The molecular weight excluding hydrogens is 334 g/mol. The summed E-state index contributed by atoms with van der Waals surface area (Å²) < 4.78 is 0.974. The van der Waals surface area contributed by atoms with E-state index >= 15 is 0 Å². The molecule has 0 saturated carbocycles. The van der Waals surface area contributed by atoms with Gasteiger partial charge in [0.25, 0.3) is 0 Å². The van der Waals surface area contributed by atoms with Gasteiger partial charge >= 0.3 is 5.97 Å². The number of carbonyl (C=O) groups is 2. The fourth-order valence-electron chi connectivity index (χ4n) is 2.48. The first-order chi connectivity index (χ1) is 9.97. The number of carbonyl (C=O) groups excluding carboxylic acids is 1. The van der Waals surface area contributed by atoms with Gasteiger partial charge in [-0.2, -0.15) is 0 Å². The predicted octanol–water partition coefficient (Wildman–Crippen LogP) is 3.17. The molecule has 0 radical (unpaired) electrons. The van der Waals surface area contributed by atoms with Crippen molar-refractivity contribution in [1.82, 2.24) is 4.90 Å². The van der Waals surface area contributed by atoms with Gasteiger partial charge in [0.05, 0.1) is 0 Å². The minimum atomic E-state index is -0.924. The van der Waals surface area contributed by atoms with E-state index in [4.69, 9.17) is 0 Å². The molecule has 1 fully saturated rings. The number of piperidine rings is 1. The van der Waals surface area contributed by atoms with Crippen LogP contribution in [0.25, 0.3) is 6.08 Å². The number of rotatable bonds is 3. The maximum absolute atomic E-state index is 12.2. The number of nitrogens with zero attached hydrogens (tertiary/aromatic N) is 1. The van der Waals surface area contributed by atoms with Crippen LogP contribution in [0.5, 0.6) is 0 Å². The van der Waals surface area contributed by atoms with Gasteiger partial charge in [-0.25, -0.2) is 4.79 Å². The van der Waals surface area contributed by atoms with Crippen molar-refractivity contribution >= 4 is 33.9 Å². The van der Waals surface area contributed by atoms with Crippen molar-refractivity contribution in [3.8, 4) is 0 Å². The van der Waals surface area contributed by atoms with E-state index in [2.05, 4.69) is 15.9 Å². The summed E-state index contributed by atoms with van der Waals surface area (Å²) in [6, 6.07) is 6.86. The van der Waals surface area contributed by atoms with Gasteiger partial charge in [0.15, 0.2) is 0 Å². The third kappa shape index (κ3) is 4.17. The zero-order valence-electron chi connectivity index (χ0n) is 11.8. The van der Waals surface area contributed by atoms with E-state index in [9.17, 15) is 14.7 Å². The molecule has 0 aliphatic carbocycles. The Morgan fingerprint density at radius 3 is 2.62 bits per heavy atom. The second-order valence-electron chi connectivity index (χ2n) is 5.40. The molecule has 1 aliphatic rings. The van der Waals surface area contributed by atoms with Crippen LogP contribution in [0, 0.1) is 5.92 Å². The second kappa shape index (κ2) is 6.89. The Morgan fingerprint density at radius 2 is 2.00 bits per heavy atom. The smallest absolute Gasteiger partial charge is 0.326 e. The number of amides is 1. The summed E-state index contributed by atoms with van der Waals surface area (Å²) in [7, 11) is 0. The highest BCUT2D eigenvalue weighted by Gasteiger charge is 2.33. The average molecular weight is 352 g/mol. The van der Waals surface area contributed by atoms with Gasteiger partial charge in [-0.15, -0.1) is 0 Å². The SMILES string of the molecule is CC1CCN(C(=O)/C=C/c2ccc(Br)cc2)C(C(=O)O)C1. The monoisotopic (exact) mass is 351 g/mol. The largest absolute Gasteiger partial charge is 0.480 e. The summed E-state index contributed by atoms with van der Waals surface area (Å²) >= 11 is 3.35. The molecule has 2 atom stereocenters. The number of carboxylic acids is 1. The summed E-state index contributed by atoms with van der Waals surface area (Å²) in [6.45, 7) is 2.52. The molecule has 1 aromatic carbocycles. The van der Waals surface area contributed by atoms with Crippen LogP contribution in [0.1, 0.15) is 25.3 Å². The summed E-state index contributed by atoms with van der Waals surface area (Å²) in [4.78, 5) is 25.0. The first kappa shape index (κ1) is 15.8. The lowest BCUT2D eigenvalue weighted by molar-refractivity contribution is -0.151. The molecule has 112 valence electrons. The van der Waals surface area contributed by atoms with Crippen molar-refractivity contribution in [3.05, 3.63) is 40.4 Å². The lowest BCUT2D eigenvalue weighted by Crippen LogP contribution is -2.49. The van der Waals surface area contributed by atoms with Gasteiger partial charge < -0.3 is 10.0 Å². The summed E-state index contributed by atoms with van der Waals surface area (Å²) in [5.41, 5.74) is 0.906. The van der Waals surface area contributed by atoms with Crippen LogP contribution in [0.4, 0.5) is 0 Å². The Balaban J connectivity index is 2.07. The molecule has 1 saturated heterocycles. The van der Waals surface area contributed by atoms with Crippen LogP contribution < -0.4 is 0 Å². The molecule has 1 aromatic rings. The maximum Gasteiger partial charge on any atom is 0.326 e. The average Bonchev–Trinajstić information content (AvgIpc) is 2.46. The molecule has 2 rings (SSSR count). The molecular formula is C16H18BrNO3. The van der Waals surface area contributed by atoms with Crippen LogP contribution >= 0.6 is 15.9 Å². The minimum Gasteiger partial charge on any atom is -0.480 e. The number of benzene rings is 1. The van der Waals surface area contributed by atoms with Gasteiger partial charge in [-0.1, -0.05) is 35.0 Å². The van der Waals surface area contributed by atoms with Crippen molar-refractivity contribution in [2.45, 2.75) is 25.8 Å². The summed E-state index contributed by atoms with van der Waals surface area (Å²) in [6.07, 6.45) is 4.54. The van der Waals surface area contributed by atoms with Crippen molar-refractivity contribution < 1.29 is 14.7 Å². The van der Waals surface area contributed by atoms with Crippen molar-refractivity contribution in [3.63, 3.8) is 0 Å². The number of likely N-dealkylation sites (tertiary alicyclic amines) is 1. The first-order valence-corrected chi connectivity index (χ1v) is 7.73. The highest BCUT2D eigenvalue weighted by Crippen LogP contribution is 2.23. The van der Waals surface area contributed by atoms with Gasteiger partial charge in [0, 0.05) is 17.1 Å². The van der Waals surface area contributed by atoms with Crippen LogP contribution in [0.2, 0.25) is 0 Å². The zero-order chi connectivity index (χ0) is 15.4. The first-order valence-electron chi connectivity index (χ1n) is 6.94. The summed E-state index contributed by atoms with van der Waals surface area (Å²) in [5.74, 6) is -0.824. The van der Waals surface area contributed by atoms with Crippen LogP contribution in [0.3, 0.4) is 0 Å².